The van der Waals surface area contributed by atoms with Crippen LogP contribution in [0.15, 0.2) is 72.3 Å². The van der Waals surface area contributed by atoms with Crippen molar-refractivity contribution in [1.29, 1.82) is 0 Å². The first kappa shape index (κ1) is 20.2. The number of benzene rings is 2. The number of phenols is 2. The van der Waals surface area contributed by atoms with Gasteiger partial charge in [0.1, 0.15) is 11.5 Å². The molecule has 2 atom stereocenters. The van der Waals surface area contributed by atoms with Crippen molar-refractivity contribution in [3.63, 3.8) is 0 Å². The number of aromatic hydroxyl groups is 2. The van der Waals surface area contributed by atoms with Crippen molar-refractivity contribution in [2.24, 2.45) is 5.41 Å². The maximum atomic E-state index is 9.80. The number of hydrogen-bond acceptors (Lipinski definition) is 3. The van der Waals surface area contributed by atoms with Crippen LogP contribution < -0.4 is 0 Å². The molecule has 2 unspecified atom stereocenters. The smallest absolute Gasteiger partial charge is 0.115 e. The lowest BCUT2D eigenvalue weighted by atomic mass is 9.57. The van der Waals surface area contributed by atoms with Crippen molar-refractivity contribution in [3.8, 4) is 11.5 Å². The lowest BCUT2D eigenvalue weighted by Gasteiger charge is -2.47. The highest BCUT2D eigenvalue weighted by Crippen LogP contribution is 2.51. The number of allylic oxidation sites excluding steroid dienone is 4. The lowest BCUT2D eigenvalue weighted by Crippen LogP contribution is -2.41. The first-order chi connectivity index (χ1) is 13.3. The third kappa shape index (κ3) is 3.72. The quantitative estimate of drug-likeness (QED) is 0.628. The van der Waals surface area contributed by atoms with Crippen LogP contribution in [0.3, 0.4) is 0 Å². The summed E-state index contributed by atoms with van der Waals surface area (Å²) in [5, 5.41) is 29.0. The monoisotopic (exact) mass is 378 g/mol. The van der Waals surface area contributed by atoms with Gasteiger partial charge in [-0.3, -0.25) is 0 Å². The zero-order valence-electron chi connectivity index (χ0n) is 16.9. The fourth-order valence-electron chi connectivity index (χ4n) is 4.29. The van der Waals surface area contributed by atoms with E-state index in [2.05, 4.69) is 39.0 Å². The van der Waals surface area contributed by atoms with Crippen LogP contribution in [0.4, 0.5) is 0 Å². The highest BCUT2D eigenvalue weighted by molar-refractivity contribution is 5.42. The molecular weight excluding hydrogens is 348 g/mol. The molecule has 0 spiro atoms. The van der Waals surface area contributed by atoms with E-state index in [1.165, 1.54) is 11.1 Å². The number of hydrogen-bond donors (Lipinski definition) is 3. The number of phenolic OH excluding ortho intramolecular Hbond substituents is 2. The van der Waals surface area contributed by atoms with E-state index in [1.807, 2.05) is 24.3 Å². The summed E-state index contributed by atoms with van der Waals surface area (Å²) in [6, 6.07) is 14.8. The molecular formula is C25H30O3. The molecule has 2 aromatic rings. The molecule has 0 saturated carbocycles. The van der Waals surface area contributed by atoms with Gasteiger partial charge < -0.3 is 15.3 Å². The molecule has 0 saturated heterocycles. The minimum atomic E-state index is -0.205. The van der Waals surface area contributed by atoms with Crippen molar-refractivity contribution in [2.45, 2.75) is 44.9 Å². The van der Waals surface area contributed by atoms with Crippen LogP contribution in [-0.4, -0.2) is 21.9 Å². The molecule has 0 amide bonds. The Morgan fingerprint density at radius 1 is 0.964 bits per heavy atom. The predicted octanol–water partition coefficient (Wildman–Crippen LogP) is 5.43. The van der Waals surface area contributed by atoms with Crippen LogP contribution in [0.5, 0.6) is 11.5 Å². The fraction of sp³-hybridized carbons (Fsp3) is 0.360. The van der Waals surface area contributed by atoms with E-state index in [0.29, 0.717) is 6.42 Å². The Kier molecular flexibility index (Phi) is 5.66. The molecule has 3 heteroatoms. The SMILES string of the molecule is CC(C1=CCC(CCO)(C(C)(C)c2ccc(O)cc2)C=C1)c1ccc(O)cc1. The summed E-state index contributed by atoms with van der Waals surface area (Å²) in [7, 11) is 0. The second-order valence-electron chi connectivity index (χ2n) is 8.36. The molecule has 0 radical (unpaired) electrons. The molecule has 0 aliphatic heterocycles. The maximum Gasteiger partial charge on any atom is 0.115 e. The molecule has 28 heavy (non-hydrogen) atoms. The average Bonchev–Trinajstić information content (AvgIpc) is 2.69. The normalized spacial score (nSPS) is 20.6. The van der Waals surface area contributed by atoms with E-state index in [0.717, 1.165) is 12.0 Å². The zero-order valence-corrected chi connectivity index (χ0v) is 16.9. The van der Waals surface area contributed by atoms with Gasteiger partial charge in [0.2, 0.25) is 0 Å². The standard InChI is InChI=1S/C25H30O3/c1-18(19-4-8-22(27)9-5-19)20-12-14-25(15-13-20,16-17-26)24(2,3)21-6-10-23(28)11-7-21/h4-14,18,26-28H,15-17H2,1-3H3. The summed E-state index contributed by atoms with van der Waals surface area (Å²) in [6.45, 7) is 6.72. The summed E-state index contributed by atoms with van der Waals surface area (Å²) in [4.78, 5) is 0. The Balaban J connectivity index is 1.89. The third-order valence-corrected chi connectivity index (χ3v) is 6.58. The maximum absolute atomic E-state index is 9.80. The predicted molar refractivity (Wildman–Crippen MR) is 114 cm³/mol. The molecule has 1 aliphatic rings. The first-order valence-electron chi connectivity index (χ1n) is 9.88. The van der Waals surface area contributed by atoms with E-state index in [-0.39, 0.29) is 34.9 Å². The van der Waals surface area contributed by atoms with Crippen molar-refractivity contribution < 1.29 is 15.3 Å². The van der Waals surface area contributed by atoms with Gasteiger partial charge in [-0.2, -0.15) is 0 Å². The van der Waals surface area contributed by atoms with E-state index < -0.39 is 0 Å². The summed E-state index contributed by atoms with van der Waals surface area (Å²) in [5.74, 6) is 0.780. The van der Waals surface area contributed by atoms with E-state index >= 15 is 0 Å². The van der Waals surface area contributed by atoms with Crippen molar-refractivity contribution in [1.82, 2.24) is 0 Å². The molecule has 3 N–H and O–H groups in total. The van der Waals surface area contributed by atoms with Gasteiger partial charge in [0.25, 0.3) is 0 Å². The molecule has 0 fully saturated rings. The van der Waals surface area contributed by atoms with Gasteiger partial charge in [0.15, 0.2) is 0 Å². The summed E-state index contributed by atoms with van der Waals surface area (Å²) in [6.07, 6.45) is 8.26. The third-order valence-electron chi connectivity index (χ3n) is 6.58. The molecule has 148 valence electrons. The van der Waals surface area contributed by atoms with Crippen LogP contribution in [0, 0.1) is 5.41 Å². The highest BCUT2D eigenvalue weighted by Gasteiger charge is 2.44. The van der Waals surface area contributed by atoms with E-state index in [1.54, 1.807) is 24.3 Å². The van der Waals surface area contributed by atoms with Crippen molar-refractivity contribution in [2.75, 3.05) is 6.61 Å². The van der Waals surface area contributed by atoms with Gasteiger partial charge in [-0.15, -0.1) is 0 Å². The highest BCUT2D eigenvalue weighted by atomic mass is 16.3. The Bertz CT molecular complexity index is 860. The average molecular weight is 379 g/mol. The molecule has 1 aliphatic carbocycles. The Morgan fingerprint density at radius 2 is 1.54 bits per heavy atom. The van der Waals surface area contributed by atoms with Gasteiger partial charge in [-0.25, -0.2) is 0 Å². The van der Waals surface area contributed by atoms with Crippen LogP contribution in [0.2, 0.25) is 0 Å². The van der Waals surface area contributed by atoms with Crippen LogP contribution in [-0.2, 0) is 5.41 Å². The van der Waals surface area contributed by atoms with Gasteiger partial charge in [-0.1, -0.05) is 63.3 Å². The summed E-state index contributed by atoms with van der Waals surface area (Å²) in [5.41, 5.74) is 3.16. The zero-order chi connectivity index (χ0) is 20.4. The molecule has 3 nitrogen and oxygen atoms in total. The molecule has 3 rings (SSSR count). The number of aliphatic hydroxyl groups is 1. The van der Waals surface area contributed by atoms with E-state index in [4.69, 9.17) is 0 Å². The van der Waals surface area contributed by atoms with Gasteiger partial charge in [0.05, 0.1) is 0 Å². The van der Waals surface area contributed by atoms with Gasteiger partial charge in [0, 0.05) is 17.9 Å². The molecule has 2 aromatic carbocycles. The van der Waals surface area contributed by atoms with Crippen LogP contribution in [0.1, 0.15) is 50.7 Å². The lowest BCUT2D eigenvalue weighted by molar-refractivity contribution is 0.145. The second-order valence-corrected chi connectivity index (χ2v) is 8.36. The van der Waals surface area contributed by atoms with Crippen LogP contribution >= 0.6 is 0 Å². The largest absolute Gasteiger partial charge is 0.508 e. The number of aliphatic hydroxyl groups excluding tert-OH is 1. The Labute approximate surface area is 167 Å². The molecule has 0 heterocycles. The molecule has 0 bridgehead atoms. The summed E-state index contributed by atoms with van der Waals surface area (Å²) >= 11 is 0. The second kappa shape index (κ2) is 7.84. The fourth-order valence-corrected chi connectivity index (χ4v) is 4.29. The van der Waals surface area contributed by atoms with Gasteiger partial charge >= 0.3 is 0 Å². The summed E-state index contributed by atoms with van der Waals surface area (Å²) < 4.78 is 0. The minimum Gasteiger partial charge on any atom is -0.508 e. The van der Waals surface area contributed by atoms with E-state index in [9.17, 15) is 15.3 Å². The minimum absolute atomic E-state index is 0.128. The Morgan fingerprint density at radius 3 is 2.04 bits per heavy atom. The van der Waals surface area contributed by atoms with Crippen LogP contribution in [0.25, 0.3) is 0 Å². The van der Waals surface area contributed by atoms with Crippen molar-refractivity contribution >= 4 is 0 Å². The molecule has 0 aromatic heterocycles. The van der Waals surface area contributed by atoms with Gasteiger partial charge in [-0.05, 0) is 59.2 Å². The Hall–Kier alpha value is -2.52. The topological polar surface area (TPSA) is 60.7 Å². The first-order valence-corrected chi connectivity index (χ1v) is 9.88. The van der Waals surface area contributed by atoms with Crippen molar-refractivity contribution in [3.05, 3.63) is 83.5 Å². The number of rotatable bonds is 6.